The van der Waals surface area contributed by atoms with Gasteiger partial charge in [-0.3, -0.25) is 4.79 Å². The van der Waals surface area contributed by atoms with E-state index in [1.165, 1.54) is 5.39 Å². The third kappa shape index (κ3) is 4.28. The van der Waals surface area contributed by atoms with Crippen LogP contribution < -0.4 is 4.74 Å². The third-order valence-electron chi connectivity index (χ3n) is 4.19. The number of rotatable bonds is 7. The van der Waals surface area contributed by atoms with Crippen molar-refractivity contribution in [3.8, 4) is 5.75 Å². The number of fused-ring (bicyclic) bond motifs is 1. The molecule has 0 amide bonds. The Morgan fingerprint density at radius 2 is 1.88 bits per heavy atom. The lowest BCUT2D eigenvalue weighted by Crippen LogP contribution is -2.38. The van der Waals surface area contributed by atoms with E-state index in [-0.39, 0.29) is 18.0 Å². The zero-order chi connectivity index (χ0) is 16.9. The van der Waals surface area contributed by atoms with Gasteiger partial charge in [-0.2, -0.15) is 0 Å². The van der Waals surface area contributed by atoms with E-state index < -0.39 is 0 Å². The first-order valence-electron chi connectivity index (χ1n) is 8.26. The van der Waals surface area contributed by atoms with Crippen molar-refractivity contribution in [3.63, 3.8) is 0 Å². The van der Waals surface area contributed by atoms with Gasteiger partial charge in [0.05, 0.1) is 25.2 Å². The molecule has 4 nitrogen and oxygen atoms in total. The molecular weight excluding hydrogens is 372 g/mol. The van der Waals surface area contributed by atoms with Crippen LogP contribution in [0.1, 0.15) is 19.8 Å². The van der Waals surface area contributed by atoms with Crippen LogP contribution in [0, 0.1) is 5.92 Å². The van der Waals surface area contributed by atoms with E-state index >= 15 is 0 Å². The maximum atomic E-state index is 11.5. The summed E-state index contributed by atoms with van der Waals surface area (Å²) in [7, 11) is 0. The van der Waals surface area contributed by atoms with E-state index in [1.807, 2.05) is 31.2 Å². The van der Waals surface area contributed by atoms with E-state index in [4.69, 9.17) is 14.2 Å². The predicted octanol–water partition coefficient (Wildman–Crippen LogP) is 4.34. The van der Waals surface area contributed by atoms with Gasteiger partial charge in [0.15, 0.2) is 0 Å². The van der Waals surface area contributed by atoms with E-state index in [1.54, 1.807) is 0 Å². The normalized spacial score (nSPS) is 19.8. The van der Waals surface area contributed by atoms with Gasteiger partial charge in [0.25, 0.3) is 0 Å². The quantitative estimate of drug-likeness (QED) is 0.519. The molecule has 0 radical (unpaired) electrons. The lowest BCUT2D eigenvalue weighted by atomic mass is 9.82. The summed E-state index contributed by atoms with van der Waals surface area (Å²) in [4.78, 5) is 11.5. The Balaban J connectivity index is 1.38. The third-order valence-corrected chi connectivity index (χ3v) is 4.69. The molecule has 0 aromatic heterocycles. The molecule has 1 aliphatic carbocycles. The van der Waals surface area contributed by atoms with E-state index in [2.05, 4.69) is 28.1 Å². The highest BCUT2D eigenvalue weighted by Gasteiger charge is 2.36. The number of ether oxygens (including phenoxy) is 3. The number of carbonyl (C=O) groups is 1. The highest BCUT2D eigenvalue weighted by atomic mass is 79.9. The van der Waals surface area contributed by atoms with Crippen LogP contribution in [-0.2, 0) is 14.3 Å². The number of halogens is 1. The molecule has 5 heteroatoms. The minimum absolute atomic E-state index is 0.00989. The molecule has 24 heavy (non-hydrogen) atoms. The molecule has 0 aliphatic heterocycles. The number of hydrogen-bond donors (Lipinski definition) is 0. The van der Waals surface area contributed by atoms with Crippen LogP contribution in [0.4, 0.5) is 0 Å². The van der Waals surface area contributed by atoms with Crippen molar-refractivity contribution in [2.24, 2.45) is 5.92 Å². The molecule has 0 spiro atoms. The van der Waals surface area contributed by atoms with Gasteiger partial charge in [-0.15, -0.1) is 0 Å². The molecule has 0 N–H and O–H groups in total. The SMILES string of the molecule is CCOC(=O)[C@H]1C[C@@H](OCCOc2ccc3cc(Br)ccc3c2)C1. The maximum Gasteiger partial charge on any atom is 0.309 e. The predicted molar refractivity (Wildman–Crippen MR) is 96.2 cm³/mol. The van der Waals surface area contributed by atoms with Crippen LogP contribution in [0.25, 0.3) is 10.8 Å². The van der Waals surface area contributed by atoms with Crippen molar-refractivity contribution in [1.29, 1.82) is 0 Å². The van der Waals surface area contributed by atoms with Gasteiger partial charge >= 0.3 is 5.97 Å². The van der Waals surface area contributed by atoms with Crippen molar-refractivity contribution in [3.05, 3.63) is 40.9 Å². The molecule has 128 valence electrons. The lowest BCUT2D eigenvalue weighted by Gasteiger charge is -2.33. The van der Waals surface area contributed by atoms with Crippen molar-refractivity contribution in [2.45, 2.75) is 25.9 Å². The molecule has 2 aromatic rings. The highest BCUT2D eigenvalue weighted by molar-refractivity contribution is 9.10. The molecule has 0 bridgehead atoms. The average Bonchev–Trinajstić information content (AvgIpc) is 2.53. The Morgan fingerprint density at radius 1 is 1.12 bits per heavy atom. The van der Waals surface area contributed by atoms with Gasteiger partial charge in [0.1, 0.15) is 12.4 Å². The van der Waals surface area contributed by atoms with Gasteiger partial charge in [-0.05, 0) is 54.8 Å². The van der Waals surface area contributed by atoms with Crippen LogP contribution in [-0.4, -0.2) is 31.9 Å². The summed E-state index contributed by atoms with van der Waals surface area (Å²) in [6.45, 7) is 3.30. The molecule has 2 aromatic carbocycles. The van der Waals surface area contributed by atoms with Gasteiger partial charge in [-0.25, -0.2) is 0 Å². The van der Waals surface area contributed by atoms with Crippen molar-refractivity contribution >= 4 is 32.7 Å². The number of hydrogen-bond acceptors (Lipinski definition) is 4. The number of esters is 1. The van der Waals surface area contributed by atoms with Crippen LogP contribution >= 0.6 is 15.9 Å². The van der Waals surface area contributed by atoms with Gasteiger partial charge in [0, 0.05) is 4.47 Å². The molecule has 3 rings (SSSR count). The summed E-state index contributed by atoms with van der Waals surface area (Å²) in [6, 6.07) is 12.2. The first kappa shape index (κ1) is 17.2. The lowest BCUT2D eigenvalue weighted by molar-refractivity contribution is -0.157. The monoisotopic (exact) mass is 392 g/mol. The maximum absolute atomic E-state index is 11.5. The zero-order valence-corrected chi connectivity index (χ0v) is 15.3. The topological polar surface area (TPSA) is 44.8 Å². The highest BCUT2D eigenvalue weighted by Crippen LogP contribution is 2.31. The molecule has 1 aliphatic rings. The van der Waals surface area contributed by atoms with Crippen LogP contribution in [0.15, 0.2) is 40.9 Å². The van der Waals surface area contributed by atoms with Crippen LogP contribution in [0.2, 0.25) is 0 Å². The summed E-state index contributed by atoms with van der Waals surface area (Å²) in [6.07, 6.45) is 1.66. The van der Waals surface area contributed by atoms with Crippen LogP contribution in [0.5, 0.6) is 5.75 Å². The molecule has 0 saturated heterocycles. The Morgan fingerprint density at radius 3 is 2.67 bits per heavy atom. The Labute approximate surface area is 150 Å². The second-order valence-corrected chi connectivity index (χ2v) is 6.83. The standard InChI is InChI=1S/C19H21BrO4/c1-2-22-19(21)15-11-18(12-15)24-8-7-23-17-6-4-13-9-16(20)5-3-14(13)10-17/h3-6,9-10,15,18H,2,7-8,11-12H2,1H3/t15-,18+. The van der Waals surface area contributed by atoms with Crippen molar-refractivity contribution in [2.75, 3.05) is 19.8 Å². The van der Waals surface area contributed by atoms with E-state index in [0.717, 1.165) is 28.5 Å². The van der Waals surface area contributed by atoms with Gasteiger partial charge < -0.3 is 14.2 Å². The first-order chi connectivity index (χ1) is 11.7. The van der Waals surface area contributed by atoms with Gasteiger partial charge in [0.2, 0.25) is 0 Å². The molecular formula is C19H21BrO4. The second kappa shape index (κ2) is 7.99. The average molecular weight is 393 g/mol. The Kier molecular flexibility index (Phi) is 5.74. The number of benzene rings is 2. The molecule has 0 atom stereocenters. The molecule has 1 saturated carbocycles. The summed E-state index contributed by atoms with van der Waals surface area (Å²) in [5, 5.41) is 2.32. The Bertz CT molecular complexity index is 710. The fraction of sp³-hybridized carbons (Fsp3) is 0.421. The van der Waals surface area contributed by atoms with E-state index in [0.29, 0.717) is 19.8 Å². The summed E-state index contributed by atoms with van der Waals surface area (Å²) in [5.41, 5.74) is 0. The zero-order valence-electron chi connectivity index (χ0n) is 13.7. The minimum atomic E-state index is -0.101. The minimum Gasteiger partial charge on any atom is -0.491 e. The largest absolute Gasteiger partial charge is 0.491 e. The van der Waals surface area contributed by atoms with Crippen LogP contribution in [0.3, 0.4) is 0 Å². The second-order valence-electron chi connectivity index (χ2n) is 5.91. The van der Waals surface area contributed by atoms with E-state index in [9.17, 15) is 4.79 Å². The fourth-order valence-electron chi connectivity index (χ4n) is 2.81. The smallest absolute Gasteiger partial charge is 0.309 e. The fourth-order valence-corrected chi connectivity index (χ4v) is 3.19. The summed E-state index contributed by atoms with van der Waals surface area (Å²) >= 11 is 3.47. The van der Waals surface area contributed by atoms with Crippen molar-refractivity contribution < 1.29 is 19.0 Å². The summed E-state index contributed by atoms with van der Waals surface area (Å²) in [5.74, 6) is 0.749. The first-order valence-corrected chi connectivity index (χ1v) is 9.05. The molecule has 0 heterocycles. The molecule has 0 unspecified atom stereocenters. The Hall–Kier alpha value is -1.59. The molecule has 1 fully saturated rings. The van der Waals surface area contributed by atoms with Gasteiger partial charge in [-0.1, -0.05) is 28.1 Å². The summed E-state index contributed by atoms with van der Waals surface area (Å²) < 4.78 is 17.5. The van der Waals surface area contributed by atoms with Crippen molar-refractivity contribution in [1.82, 2.24) is 0 Å². The number of carbonyl (C=O) groups excluding carboxylic acids is 1.